The molecule has 162 valence electrons. The van der Waals surface area contributed by atoms with Crippen LogP contribution in [0.4, 0.5) is 0 Å². The Kier molecular flexibility index (Phi) is 6.72. The smallest absolute Gasteiger partial charge is 0.287 e. The van der Waals surface area contributed by atoms with E-state index in [0.717, 1.165) is 11.1 Å². The average Bonchev–Trinajstić information content (AvgIpc) is 3.51. The minimum Gasteiger partial charge on any atom is -0.459 e. The van der Waals surface area contributed by atoms with E-state index in [1.807, 2.05) is 48.5 Å². The van der Waals surface area contributed by atoms with Crippen molar-refractivity contribution in [3.05, 3.63) is 107 Å². The van der Waals surface area contributed by atoms with Crippen LogP contribution < -0.4 is 10.6 Å². The Hall–Kier alpha value is -3.77. The molecular weight excluding hydrogens is 428 g/mol. The molecule has 32 heavy (non-hydrogen) atoms. The first-order chi connectivity index (χ1) is 15.6. The lowest BCUT2D eigenvalue weighted by Gasteiger charge is -2.18. The molecule has 1 atom stereocenters. The third-order valence-electron chi connectivity index (χ3n) is 4.88. The normalized spacial score (nSPS) is 11.7. The van der Waals surface area contributed by atoms with Crippen molar-refractivity contribution in [2.24, 2.45) is 0 Å². The van der Waals surface area contributed by atoms with Crippen molar-refractivity contribution in [2.75, 3.05) is 0 Å². The fraction of sp³-hybridized carbons (Fsp3) is 0.120. The second-order valence-corrected chi connectivity index (χ2v) is 7.62. The topological polar surface area (TPSA) is 84.5 Å². The Bertz CT molecular complexity index is 1170. The van der Waals surface area contributed by atoms with E-state index in [2.05, 4.69) is 10.6 Å². The second-order valence-electron chi connectivity index (χ2n) is 7.18. The number of nitrogens with one attached hydrogen (secondary N) is 2. The molecule has 0 aliphatic carbocycles. The number of rotatable bonds is 8. The standard InChI is InChI=1S/C25H21ClN2O4/c26-19-10-8-18(9-11-19)22-13-12-20(32-22)16-27-24(29)21(15-17-5-2-1-3-6-17)28-25(30)23-7-4-14-31-23/h1-14,21H,15-16H2,(H,27,29)(H,28,30)/t21-/m0/s1. The van der Waals surface area contributed by atoms with E-state index in [1.54, 1.807) is 30.3 Å². The number of furan rings is 2. The maximum atomic E-state index is 12.9. The summed E-state index contributed by atoms with van der Waals surface area (Å²) in [4.78, 5) is 25.4. The number of hydrogen-bond acceptors (Lipinski definition) is 4. The number of carbonyl (C=O) groups excluding carboxylic acids is 2. The van der Waals surface area contributed by atoms with Crippen LogP contribution in [0.3, 0.4) is 0 Å². The molecule has 0 spiro atoms. The van der Waals surface area contributed by atoms with Crippen molar-refractivity contribution >= 4 is 23.4 Å². The van der Waals surface area contributed by atoms with Gasteiger partial charge < -0.3 is 19.5 Å². The molecule has 2 aromatic carbocycles. The van der Waals surface area contributed by atoms with Gasteiger partial charge in [0.25, 0.3) is 5.91 Å². The number of benzene rings is 2. The van der Waals surface area contributed by atoms with Gasteiger partial charge in [0, 0.05) is 17.0 Å². The largest absolute Gasteiger partial charge is 0.459 e. The van der Waals surface area contributed by atoms with Crippen LogP contribution in [-0.4, -0.2) is 17.9 Å². The molecule has 0 bridgehead atoms. The first-order valence-corrected chi connectivity index (χ1v) is 10.5. The van der Waals surface area contributed by atoms with E-state index in [-0.39, 0.29) is 18.2 Å². The monoisotopic (exact) mass is 448 g/mol. The van der Waals surface area contributed by atoms with Gasteiger partial charge in [0.1, 0.15) is 17.6 Å². The highest BCUT2D eigenvalue weighted by Gasteiger charge is 2.23. The van der Waals surface area contributed by atoms with Crippen LogP contribution in [0.5, 0.6) is 0 Å². The summed E-state index contributed by atoms with van der Waals surface area (Å²) in [6.07, 6.45) is 1.75. The van der Waals surface area contributed by atoms with Crippen molar-refractivity contribution in [2.45, 2.75) is 19.0 Å². The second kappa shape index (κ2) is 10.0. The molecule has 2 heterocycles. The summed E-state index contributed by atoms with van der Waals surface area (Å²) in [5.41, 5.74) is 1.81. The summed E-state index contributed by atoms with van der Waals surface area (Å²) in [5, 5.41) is 6.24. The number of carbonyl (C=O) groups is 2. The van der Waals surface area contributed by atoms with Gasteiger partial charge in [-0.25, -0.2) is 0 Å². The highest BCUT2D eigenvalue weighted by atomic mass is 35.5. The SMILES string of the molecule is O=C(N[C@@H](Cc1ccccc1)C(=O)NCc1ccc(-c2ccc(Cl)cc2)o1)c1ccco1. The van der Waals surface area contributed by atoms with Gasteiger partial charge in [-0.15, -0.1) is 0 Å². The van der Waals surface area contributed by atoms with Crippen LogP contribution >= 0.6 is 11.6 Å². The highest BCUT2D eigenvalue weighted by molar-refractivity contribution is 6.30. The van der Waals surface area contributed by atoms with Crippen molar-refractivity contribution in [3.63, 3.8) is 0 Å². The molecule has 4 rings (SSSR count). The Morgan fingerprint density at radius 2 is 1.69 bits per heavy atom. The molecule has 0 saturated heterocycles. The minimum atomic E-state index is -0.777. The van der Waals surface area contributed by atoms with Crippen LogP contribution in [0.2, 0.25) is 5.02 Å². The number of halogens is 1. The Balaban J connectivity index is 1.42. The van der Waals surface area contributed by atoms with Crippen LogP contribution in [-0.2, 0) is 17.8 Å². The van der Waals surface area contributed by atoms with Crippen LogP contribution in [0, 0.1) is 0 Å². The average molecular weight is 449 g/mol. The molecule has 0 aliphatic rings. The molecule has 4 aromatic rings. The molecule has 0 radical (unpaired) electrons. The lowest BCUT2D eigenvalue weighted by atomic mass is 10.0. The minimum absolute atomic E-state index is 0.148. The molecule has 0 unspecified atom stereocenters. The van der Waals surface area contributed by atoms with E-state index in [1.165, 1.54) is 6.26 Å². The lowest BCUT2D eigenvalue weighted by molar-refractivity contribution is -0.123. The molecule has 0 saturated carbocycles. The van der Waals surface area contributed by atoms with Gasteiger partial charge in [0.2, 0.25) is 5.91 Å². The zero-order valence-electron chi connectivity index (χ0n) is 17.1. The Morgan fingerprint density at radius 1 is 0.906 bits per heavy atom. The van der Waals surface area contributed by atoms with E-state index < -0.39 is 11.9 Å². The Labute approximate surface area is 190 Å². The molecule has 6 nitrogen and oxygen atoms in total. The van der Waals surface area contributed by atoms with Crippen molar-refractivity contribution in [1.29, 1.82) is 0 Å². The van der Waals surface area contributed by atoms with Gasteiger partial charge in [0.05, 0.1) is 12.8 Å². The van der Waals surface area contributed by atoms with Crippen molar-refractivity contribution < 1.29 is 18.4 Å². The predicted molar refractivity (Wildman–Crippen MR) is 121 cm³/mol. The van der Waals surface area contributed by atoms with Gasteiger partial charge in [-0.05, 0) is 54.1 Å². The number of amides is 2. The van der Waals surface area contributed by atoms with Crippen LogP contribution in [0.15, 0.2) is 94.0 Å². The first kappa shape index (κ1) is 21.5. The van der Waals surface area contributed by atoms with Gasteiger partial charge in [-0.2, -0.15) is 0 Å². The third-order valence-corrected chi connectivity index (χ3v) is 5.13. The van der Waals surface area contributed by atoms with E-state index in [4.69, 9.17) is 20.4 Å². The zero-order chi connectivity index (χ0) is 22.3. The van der Waals surface area contributed by atoms with Gasteiger partial charge in [-0.1, -0.05) is 41.9 Å². The number of hydrogen-bond donors (Lipinski definition) is 2. The van der Waals surface area contributed by atoms with Gasteiger partial charge in [0.15, 0.2) is 5.76 Å². The van der Waals surface area contributed by atoms with Crippen molar-refractivity contribution in [1.82, 2.24) is 10.6 Å². The first-order valence-electron chi connectivity index (χ1n) is 10.1. The van der Waals surface area contributed by atoms with E-state index >= 15 is 0 Å². The quantitative estimate of drug-likeness (QED) is 0.403. The van der Waals surface area contributed by atoms with Gasteiger partial charge in [-0.3, -0.25) is 9.59 Å². The van der Waals surface area contributed by atoms with E-state index in [0.29, 0.717) is 23.0 Å². The predicted octanol–water partition coefficient (Wildman–Crippen LogP) is 4.85. The van der Waals surface area contributed by atoms with E-state index in [9.17, 15) is 9.59 Å². The van der Waals surface area contributed by atoms with Crippen LogP contribution in [0.25, 0.3) is 11.3 Å². The fourth-order valence-corrected chi connectivity index (χ4v) is 3.36. The third kappa shape index (κ3) is 5.47. The summed E-state index contributed by atoms with van der Waals surface area (Å²) in [5.74, 6) is 0.652. The maximum Gasteiger partial charge on any atom is 0.287 e. The summed E-state index contributed by atoms with van der Waals surface area (Å²) in [6, 6.07) is 22.8. The highest BCUT2D eigenvalue weighted by Crippen LogP contribution is 2.23. The Morgan fingerprint density at radius 3 is 2.41 bits per heavy atom. The molecular formula is C25H21ClN2O4. The summed E-state index contributed by atoms with van der Waals surface area (Å²) < 4.78 is 11.0. The summed E-state index contributed by atoms with van der Waals surface area (Å²) in [6.45, 7) is 0.189. The maximum absolute atomic E-state index is 12.9. The zero-order valence-corrected chi connectivity index (χ0v) is 17.8. The van der Waals surface area contributed by atoms with Gasteiger partial charge >= 0.3 is 0 Å². The molecule has 2 amide bonds. The summed E-state index contributed by atoms with van der Waals surface area (Å²) in [7, 11) is 0. The fourth-order valence-electron chi connectivity index (χ4n) is 3.24. The molecule has 7 heteroatoms. The lowest BCUT2D eigenvalue weighted by Crippen LogP contribution is -2.47. The van der Waals surface area contributed by atoms with Crippen LogP contribution in [0.1, 0.15) is 21.9 Å². The molecule has 2 aromatic heterocycles. The van der Waals surface area contributed by atoms with Crippen molar-refractivity contribution in [3.8, 4) is 11.3 Å². The summed E-state index contributed by atoms with van der Waals surface area (Å²) >= 11 is 5.93. The molecule has 2 N–H and O–H groups in total. The molecule has 0 aliphatic heterocycles. The molecule has 0 fully saturated rings.